The lowest BCUT2D eigenvalue weighted by atomic mass is 9.95. The van der Waals surface area contributed by atoms with Crippen LogP contribution in [0.1, 0.15) is 51.9 Å². The number of carboxylic acids is 1. The fraction of sp³-hybridized carbons (Fsp3) is 0.867. The molecular formula is C15H26N2O3. The summed E-state index contributed by atoms with van der Waals surface area (Å²) in [5.74, 6) is -0.515. The maximum Gasteiger partial charge on any atom is 0.317 e. The number of nitrogens with one attached hydrogen (secondary N) is 1. The molecule has 2 amide bonds. The summed E-state index contributed by atoms with van der Waals surface area (Å²) in [4.78, 5) is 25.5. The van der Waals surface area contributed by atoms with E-state index >= 15 is 0 Å². The first-order valence-corrected chi connectivity index (χ1v) is 7.86. The zero-order valence-electron chi connectivity index (χ0n) is 12.3. The number of carboxylic acid groups (broad SMARTS) is 1. The van der Waals surface area contributed by atoms with Gasteiger partial charge in [-0.2, -0.15) is 0 Å². The van der Waals surface area contributed by atoms with Crippen molar-refractivity contribution < 1.29 is 14.7 Å². The molecule has 5 heteroatoms. The van der Waals surface area contributed by atoms with Gasteiger partial charge in [0.05, 0.1) is 5.92 Å². The van der Waals surface area contributed by atoms with Crippen LogP contribution in [-0.2, 0) is 4.79 Å². The van der Waals surface area contributed by atoms with Gasteiger partial charge in [-0.1, -0.05) is 26.2 Å². The van der Waals surface area contributed by atoms with Gasteiger partial charge < -0.3 is 15.3 Å². The summed E-state index contributed by atoms with van der Waals surface area (Å²) in [6, 6.07) is -0.281. The number of piperidine rings is 1. The largest absolute Gasteiger partial charge is 0.481 e. The molecule has 2 atom stereocenters. The molecule has 5 nitrogen and oxygen atoms in total. The van der Waals surface area contributed by atoms with Crippen molar-refractivity contribution in [3.05, 3.63) is 0 Å². The highest BCUT2D eigenvalue weighted by atomic mass is 16.4. The van der Waals surface area contributed by atoms with Crippen LogP contribution in [0, 0.1) is 11.8 Å². The van der Waals surface area contributed by atoms with Crippen LogP contribution in [0.15, 0.2) is 0 Å². The Bertz CT molecular complexity index is 351. The molecule has 0 aromatic heterocycles. The molecule has 1 aliphatic heterocycles. The lowest BCUT2D eigenvalue weighted by Crippen LogP contribution is -2.50. The van der Waals surface area contributed by atoms with Crippen molar-refractivity contribution in [3.63, 3.8) is 0 Å². The summed E-state index contributed by atoms with van der Waals surface area (Å²) < 4.78 is 0. The highest BCUT2D eigenvalue weighted by molar-refractivity contribution is 5.77. The van der Waals surface area contributed by atoms with E-state index in [0.717, 1.165) is 51.6 Å². The van der Waals surface area contributed by atoms with E-state index in [2.05, 4.69) is 12.2 Å². The number of likely N-dealkylation sites (tertiary alicyclic amines) is 1. The summed E-state index contributed by atoms with van der Waals surface area (Å²) in [6.45, 7) is 3.79. The minimum Gasteiger partial charge on any atom is -0.481 e. The van der Waals surface area contributed by atoms with E-state index in [9.17, 15) is 14.7 Å². The Morgan fingerprint density at radius 1 is 1.05 bits per heavy atom. The Balaban J connectivity index is 1.92. The summed E-state index contributed by atoms with van der Waals surface area (Å²) in [5, 5.41) is 12.3. The van der Waals surface area contributed by atoms with Crippen LogP contribution in [-0.4, -0.2) is 41.1 Å². The molecule has 0 radical (unpaired) electrons. The second-order valence-corrected chi connectivity index (χ2v) is 6.31. The van der Waals surface area contributed by atoms with E-state index in [1.807, 2.05) is 4.90 Å². The van der Waals surface area contributed by atoms with E-state index in [-0.39, 0.29) is 12.1 Å². The van der Waals surface area contributed by atoms with Crippen LogP contribution in [0.4, 0.5) is 4.79 Å². The van der Waals surface area contributed by atoms with Gasteiger partial charge in [-0.15, -0.1) is 0 Å². The highest BCUT2D eigenvalue weighted by Gasteiger charge is 2.32. The molecule has 0 aromatic carbocycles. The molecule has 1 saturated carbocycles. The van der Waals surface area contributed by atoms with E-state index in [4.69, 9.17) is 0 Å². The molecule has 0 bridgehead atoms. The lowest BCUT2D eigenvalue weighted by molar-refractivity contribution is -0.142. The first-order chi connectivity index (χ1) is 9.58. The van der Waals surface area contributed by atoms with Crippen LogP contribution in [0.5, 0.6) is 0 Å². The van der Waals surface area contributed by atoms with Gasteiger partial charge in [0, 0.05) is 19.1 Å². The number of aliphatic carboxylic acids is 1. The normalized spacial score (nSPS) is 28.8. The van der Waals surface area contributed by atoms with Gasteiger partial charge in [0.15, 0.2) is 0 Å². The SMILES string of the molecule is CC1CCN(C(=O)NC2CCCCCC2C(=O)O)CC1. The van der Waals surface area contributed by atoms with Gasteiger partial charge in [0.25, 0.3) is 0 Å². The van der Waals surface area contributed by atoms with E-state index in [0.29, 0.717) is 12.3 Å². The molecule has 2 unspecified atom stereocenters. The monoisotopic (exact) mass is 282 g/mol. The minimum absolute atomic E-state index is 0.0740. The minimum atomic E-state index is -0.774. The number of amides is 2. The predicted molar refractivity (Wildman–Crippen MR) is 76.5 cm³/mol. The topological polar surface area (TPSA) is 69.6 Å². The Hall–Kier alpha value is -1.26. The molecule has 20 heavy (non-hydrogen) atoms. The average molecular weight is 282 g/mol. The number of rotatable bonds is 2. The average Bonchev–Trinajstić information content (AvgIpc) is 2.65. The number of hydrogen-bond donors (Lipinski definition) is 2. The quantitative estimate of drug-likeness (QED) is 0.764. The van der Waals surface area contributed by atoms with E-state index in [1.165, 1.54) is 0 Å². The Morgan fingerprint density at radius 3 is 2.35 bits per heavy atom. The van der Waals surface area contributed by atoms with Crippen LogP contribution >= 0.6 is 0 Å². The maximum atomic E-state index is 12.3. The zero-order chi connectivity index (χ0) is 14.5. The van der Waals surface area contributed by atoms with Crippen molar-refractivity contribution in [2.45, 2.75) is 57.9 Å². The lowest BCUT2D eigenvalue weighted by Gasteiger charge is -2.32. The highest BCUT2D eigenvalue weighted by Crippen LogP contribution is 2.24. The first-order valence-electron chi connectivity index (χ1n) is 7.86. The van der Waals surface area contributed by atoms with Crippen LogP contribution in [0.2, 0.25) is 0 Å². The molecule has 2 fully saturated rings. The molecule has 0 aromatic rings. The van der Waals surface area contributed by atoms with Crippen molar-refractivity contribution in [1.82, 2.24) is 10.2 Å². The predicted octanol–water partition coefficient (Wildman–Crippen LogP) is 2.46. The third-order valence-electron chi connectivity index (χ3n) is 4.71. The van der Waals surface area contributed by atoms with Crippen LogP contribution < -0.4 is 5.32 Å². The van der Waals surface area contributed by atoms with Gasteiger partial charge in [0.1, 0.15) is 0 Å². The van der Waals surface area contributed by atoms with E-state index in [1.54, 1.807) is 0 Å². The third-order valence-corrected chi connectivity index (χ3v) is 4.71. The first kappa shape index (κ1) is 15.1. The summed E-state index contributed by atoms with van der Waals surface area (Å²) in [7, 11) is 0. The standard InChI is InChI=1S/C15H26N2O3/c1-11-7-9-17(10-8-11)15(20)16-13-6-4-2-3-5-12(13)14(18)19/h11-13H,2-10H2,1H3,(H,16,20)(H,18,19). The van der Waals surface area contributed by atoms with Crippen molar-refractivity contribution in [3.8, 4) is 0 Å². The fourth-order valence-corrected chi connectivity index (χ4v) is 3.24. The van der Waals surface area contributed by atoms with Crippen molar-refractivity contribution in [2.75, 3.05) is 13.1 Å². The summed E-state index contributed by atoms with van der Waals surface area (Å²) in [6.07, 6.45) is 6.57. The Kier molecular flexibility index (Phi) is 5.26. The number of urea groups is 1. The van der Waals surface area contributed by atoms with Crippen molar-refractivity contribution in [1.29, 1.82) is 0 Å². The number of carbonyl (C=O) groups is 2. The van der Waals surface area contributed by atoms with Gasteiger partial charge in [0.2, 0.25) is 0 Å². The molecular weight excluding hydrogens is 256 g/mol. The van der Waals surface area contributed by atoms with E-state index < -0.39 is 11.9 Å². The second kappa shape index (κ2) is 6.95. The molecule has 1 heterocycles. The molecule has 2 rings (SSSR count). The smallest absolute Gasteiger partial charge is 0.317 e. The Labute approximate surface area is 120 Å². The van der Waals surface area contributed by atoms with Crippen molar-refractivity contribution in [2.24, 2.45) is 11.8 Å². The Morgan fingerprint density at radius 2 is 1.70 bits per heavy atom. The molecule has 1 aliphatic carbocycles. The maximum absolute atomic E-state index is 12.3. The molecule has 1 saturated heterocycles. The third kappa shape index (κ3) is 3.87. The molecule has 2 aliphatic rings. The second-order valence-electron chi connectivity index (χ2n) is 6.31. The number of hydrogen-bond acceptors (Lipinski definition) is 2. The molecule has 2 N–H and O–H groups in total. The summed E-state index contributed by atoms with van der Waals surface area (Å²) >= 11 is 0. The fourth-order valence-electron chi connectivity index (χ4n) is 3.24. The zero-order valence-corrected chi connectivity index (χ0v) is 12.3. The number of nitrogens with zero attached hydrogens (tertiary/aromatic N) is 1. The number of carbonyl (C=O) groups excluding carboxylic acids is 1. The van der Waals surface area contributed by atoms with Gasteiger partial charge >= 0.3 is 12.0 Å². The summed E-state index contributed by atoms with van der Waals surface area (Å²) in [5.41, 5.74) is 0. The molecule has 0 spiro atoms. The van der Waals surface area contributed by atoms with Gasteiger partial charge in [-0.3, -0.25) is 4.79 Å². The molecule has 114 valence electrons. The van der Waals surface area contributed by atoms with Crippen molar-refractivity contribution >= 4 is 12.0 Å². The van der Waals surface area contributed by atoms with Crippen LogP contribution in [0.25, 0.3) is 0 Å². The van der Waals surface area contributed by atoms with Gasteiger partial charge in [-0.25, -0.2) is 4.79 Å². The van der Waals surface area contributed by atoms with Crippen LogP contribution in [0.3, 0.4) is 0 Å². The van der Waals surface area contributed by atoms with Gasteiger partial charge in [-0.05, 0) is 31.6 Å².